The zero-order valence-corrected chi connectivity index (χ0v) is 14.3. The van der Waals surface area contributed by atoms with Crippen molar-refractivity contribution in [1.29, 1.82) is 0 Å². The third-order valence-electron chi connectivity index (χ3n) is 5.45. The fourth-order valence-corrected chi connectivity index (χ4v) is 3.54. The van der Waals surface area contributed by atoms with Gasteiger partial charge in [0.15, 0.2) is 0 Å². The first-order chi connectivity index (χ1) is 10.1. The van der Waals surface area contributed by atoms with Gasteiger partial charge >= 0.3 is 5.97 Å². The van der Waals surface area contributed by atoms with Crippen molar-refractivity contribution in [2.24, 2.45) is 17.8 Å². The summed E-state index contributed by atoms with van der Waals surface area (Å²) in [5.74, 6) is 1.09. The zero-order valence-electron chi connectivity index (χ0n) is 14.3. The van der Waals surface area contributed by atoms with E-state index < -0.39 is 5.97 Å². The Kier molecular flexibility index (Phi) is 9.78. The highest BCUT2D eigenvalue weighted by atomic mass is 16.4. The molecule has 0 aromatic carbocycles. The summed E-state index contributed by atoms with van der Waals surface area (Å²) in [6.07, 6.45) is 16.5. The van der Waals surface area contributed by atoms with Gasteiger partial charge in [-0.05, 0) is 37.5 Å². The highest BCUT2D eigenvalue weighted by Crippen LogP contribution is 2.32. The molecule has 2 heteroatoms. The summed E-state index contributed by atoms with van der Waals surface area (Å²) in [5.41, 5.74) is 0. The van der Waals surface area contributed by atoms with Gasteiger partial charge in [-0.15, -0.1) is 0 Å². The molecule has 1 aliphatic carbocycles. The van der Waals surface area contributed by atoms with Crippen molar-refractivity contribution >= 4 is 5.97 Å². The highest BCUT2D eigenvalue weighted by molar-refractivity contribution is 5.69. The molecular weight excluding hydrogens is 260 g/mol. The lowest BCUT2D eigenvalue weighted by Crippen LogP contribution is -2.21. The quantitative estimate of drug-likeness (QED) is 0.472. The Morgan fingerprint density at radius 3 is 2.14 bits per heavy atom. The molecule has 0 heterocycles. The standard InChI is InChI=1S/C19H36O2/c1-3-16(2)10-8-6-4-5-7-9-11-17-12-14-18(15-13-17)19(20)21/h16-18H,3-15H2,1-2H3,(H,20,21). The number of unbranched alkanes of at least 4 members (excludes halogenated alkanes) is 5. The number of carboxylic acid groups (broad SMARTS) is 1. The van der Waals surface area contributed by atoms with Crippen LogP contribution in [0.5, 0.6) is 0 Å². The Morgan fingerprint density at radius 1 is 1.00 bits per heavy atom. The molecule has 0 radical (unpaired) electrons. The van der Waals surface area contributed by atoms with Crippen molar-refractivity contribution in [2.45, 2.75) is 97.3 Å². The van der Waals surface area contributed by atoms with Crippen molar-refractivity contribution in [1.82, 2.24) is 0 Å². The number of carboxylic acids is 1. The fraction of sp³-hybridized carbons (Fsp3) is 0.947. The molecule has 0 amide bonds. The van der Waals surface area contributed by atoms with E-state index in [0.29, 0.717) is 0 Å². The smallest absolute Gasteiger partial charge is 0.306 e. The van der Waals surface area contributed by atoms with Crippen LogP contribution in [-0.4, -0.2) is 11.1 Å². The Hall–Kier alpha value is -0.530. The molecule has 0 spiro atoms. The van der Waals surface area contributed by atoms with Crippen LogP contribution in [0, 0.1) is 17.8 Å². The van der Waals surface area contributed by atoms with Gasteiger partial charge in [0, 0.05) is 0 Å². The van der Waals surface area contributed by atoms with Crippen molar-refractivity contribution < 1.29 is 9.90 Å². The van der Waals surface area contributed by atoms with Gasteiger partial charge in [-0.1, -0.05) is 71.6 Å². The topological polar surface area (TPSA) is 37.3 Å². The van der Waals surface area contributed by atoms with Crippen LogP contribution in [0.15, 0.2) is 0 Å². The number of hydrogen-bond donors (Lipinski definition) is 1. The van der Waals surface area contributed by atoms with Crippen LogP contribution in [0.2, 0.25) is 0 Å². The predicted molar refractivity (Wildman–Crippen MR) is 89.5 cm³/mol. The van der Waals surface area contributed by atoms with Crippen molar-refractivity contribution in [2.75, 3.05) is 0 Å². The van der Waals surface area contributed by atoms with Crippen LogP contribution in [0.4, 0.5) is 0 Å². The number of carbonyl (C=O) groups is 1. The molecule has 1 rings (SSSR count). The van der Waals surface area contributed by atoms with Crippen molar-refractivity contribution in [3.8, 4) is 0 Å². The fourth-order valence-electron chi connectivity index (χ4n) is 3.54. The lowest BCUT2D eigenvalue weighted by atomic mass is 9.80. The summed E-state index contributed by atoms with van der Waals surface area (Å²) in [6, 6.07) is 0. The monoisotopic (exact) mass is 296 g/mol. The normalized spacial score (nSPS) is 23.9. The Balaban J connectivity index is 1.88. The minimum absolute atomic E-state index is 0.0493. The van der Waals surface area contributed by atoms with Crippen LogP contribution in [0.3, 0.4) is 0 Å². The SMILES string of the molecule is CCC(C)CCCCCCCCC1CCC(C(=O)O)CC1. The van der Waals surface area contributed by atoms with Gasteiger partial charge in [0.2, 0.25) is 0 Å². The Labute approximate surface area is 131 Å². The Bertz CT molecular complexity index is 267. The van der Waals surface area contributed by atoms with Gasteiger partial charge in [-0.3, -0.25) is 4.79 Å². The third kappa shape index (κ3) is 8.48. The molecule has 1 unspecified atom stereocenters. The Morgan fingerprint density at radius 2 is 1.57 bits per heavy atom. The lowest BCUT2D eigenvalue weighted by Gasteiger charge is -2.25. The molecule has 0 bridgehead atoms. The van der Waals surface area contributed by atoms with Crippen molar-refractivity contribution in [3.05, 3.63) is 0 Å². The van der Waals surface area contributed by atoms with E-state index in [4.69, 9.17) is 5.11 Å². The average Bonchev–Trinajstić information content (AvgIpc) is 2.50. The number of rotatable bonds is 11. The molecule has 21 heavy (non-hydrogen) atoms. The van der Waals surface area contributed by atoms with Crippen LogP contribution in [0.1, 0.15) is 97.3 Å². The van der Waals surface area contributed by atoms with E-state index in [-0.39, 0.29) is 5.92 Å². The van der Waals surface area contributed by atoms with E-state index in [0.717, 1.165) is 37.5 Å². The summed E-state index contributed by atoms with van der Waals surface area (Å²) in [4.78, 5) is 10.9. The summed E-state index contributed by atoms with van der Waals surface area (Å²) in [6.45, 7) is 4.65. The molecule has 124 valence electrons. The minimum atomic E-state index is -0.578. The van der Waals surface area contributed by atoms with E-state index in [1.165, 1.54) is 57.8 Å². The first-order valence-electron chi connectivity index (χ1n) is 9.36. The maximum atomic E-state index is 10.9. The largest absolute Gasteiger partial charge is 0.481 e. The van der Waals surface area contributed by atoms with Gasteiger partial charge in [0.1, 0.15) is 0 Å². The molecule has 1 N–H and O–H groups in total. The summed E-state index contributed by atoms with van der Waals surface area (Å²) >= 11 is 0. The molecule has 2 nitrogen and oxygen atoms in total. The minimum Gasteiger partial charge on any atom is -0.481 e. The first-order valence-corrected chi connectivity index (χ1v) is 9.36. The van der Waals surface area contributed by atoms with Crippen LogP contribution in [-0.2, 0) is 4.79 Å². The maximum absolute atomic E-state index is 10.9. The van der Waals surface area contributed by atoms with E-state index >= 15 is 0 Å². The summed E-state index contributed by atoms with van der Waals surface area (Å²) in [7, 11) is 0. The lowest BCUT2D eigenvalue weighted by molar-refractivity contribution is -0.143. The molecule has 0 aliphatic heterocycles. The van der Waals surface area contributed by atoms with Gasteiger partial charge < -0.3 is 5.11 Å². The van der Waals surface area contributed by atoms with Crippen LogP contribution >= 0.6 is 0 Å². The summed E-state index contributed by atoms with van der Waals surface area (Å²) in [5, 5.41) is 8.99. The van der Waals surface area contributed by atoms with Gasteiger partial charge in [0.05, 0.1) is 5.92 Å². The second-order valence-electron chi connectivity index (χ2n) is 7.27. The van der Waals surface area contributed by atoms with Gasteiger partial charge in [0.25, 0.3) is 0 Å². The van der Waals surface area contributed by atoms with E-state index in [2.05, 4.69) is 13.8 Å². The zero-order chi connectivity index (χ0) is 15.5. The predicted octanol–water partition coefficient (Wildman–Crippen LogP) is 6.04. The molecule has 1 saturated carbocycles. The first kappa shape index (κ1) is 18.5. The molecule has 1 fully saturated rings. The maximum Gasteiger partial charge on any atom is 0.306 e. The summed E-state index contributed by atoms with van der Waals surface area (Å²) < 4.78 is 0. The second-order valence-corrected chi connectivity index (χ2v) is 7.27. The average molecular weight is 296 g/mol. The molecule has 0 aromatic rings. The third-order valence-corrected chi connectivity index (χ3v) is 5.45. The molecule has 1 aliphatic rings. The van der Waals surface area contributed by atoms with Crippen molar-refractivity contribution in [3.63, 3.8) is 0 Å². The highest BCUT2D eigenvalue weighted by Gasteiger charge is 2.25. The van der Waals surface area contributed by atoms with E-state index in [9.17, 15) is 4.79 Å². The van der Waals surface area contributed by atoms with Gasteiger partial charge in [-0.25, -0.2) is 0 Å². The molecule has 0 saturated heterocycles. The molecule has 1 atom stereocenters. The number of hydrogen-bond acceptors (Lipinski definition) is 1. The molecule has 0 aromatic heterocycles. The van der Waals surface area contributed by atoms with E-state index in [1.54, 1.807) is 0 Å². The number of aliphatic carboxylic acids is 1. The van der Waals surface area contributed by atoms with Crippen LogP contribution in [0.25, 0.3) is 0 Å². The van der Waals surface area contributed by atoms with Crippen LogP contribution < -0.4 is 0 Å². The molecular formula is C19H36O2. The van der Waals surface area contributed by atoms with E-state index in [1.807, 2.05) is 0 Å². The van der Waals surface area contributed by atoms with Gasteiger partial charge in [-0.2, -0.15) is 0 Å². The second kappa shape index (κ2) is 11.1.